The molecule has 12 nitrogen and oxygen atoms in total. The lowest BCUT2D eigenvalue weighted by Gasteiger charge is -2.47. The largest absolute Gasteiger partial charge is 0.456 e. The Bertz CT molecular complexity index is 1340. The number of carbonyl (C=O) groups is 4. The lowest BCUT2D eigenvalue weighted by atomic mass is 9.51. The molecular weight excluding hydrogens is 516 g/mol. The molecule has 3 N–H and O–H groups in total. The molecule has 6 aliphatic rings. The third kappa shape index (κ3) is 2.21. The monoisotopic (exact) mass is 544 g/mol. The van der Waals surface area contributed by atoms with Crippen molar-refractivity contribution in [1.82, 2.24) is 0 Å². The number of aliphatic hydroxyl groups excluding tert-OH is 2. The van der Waals surface area contributed by atoms with Crippen LogP contribution in [0.15, 0.2) is 30.3 Å². The Morgan fingerprint density at radius 3 is 2.28 bits per heavy atom. The Hall–Kier alpha value is -3.06. The van der Waals surface area contributed by atoms with E-state index in [0.29, 0.717) is 0 Å². The predicted octanol–water partition coefficient (Wildman–Crippen LogP) is -0.534. The van der Waals surface area contributed by atoms with Gasteiger partial charge >= 0.3 is 23.9 Å². The van der Waals surface area contributed by atoms with E-state index in [0.717, 1.165) is 0 Å². The summed E-state index contributed by atoms with van der Waals surface area (Å²) in [5.41, 5.74) is -9.65. The molecule has 4 heterocycles. The molecule has 0 amide bonds. The minimum absolute atomic E-state index is 0.199. The Kier molecular flexibility index (Phi) is 4.46. The number of hydrogen-bond donors (Lipinski definition) is 3. The zero-order valence-corrected chi connectivity index (χ0v) is 21.5. The molecule has 6 fully saturated rings. The Morgan fingerprint density at radius 2 is 1.64 bits per heavy atom. The van der Waals surface area contributed by atoms with Crippen molar-refractivity contribution < 1.29 is 58.2 Å². The molecule has 4 aliphatic heterocycles. The van der Waals surface area contributed by atoms with Gasteiger partial charge in [-0.25, -0.2) is 14.4 Å². The minimum atomic E-state index is -2.48. The summed E-state index contributed by atoms with van der Waals surface area (Å²) in [6.45, 7) is 6.67. The van der Waals surface area contributed by atoms with Gasteiger partial charge in [0.15, 0.2) is 23.9 Å². The van der Waals surface area contributed by atoms with Crippen LogP contribution in [0.5, 0.6) is 0 Å². The summed E-state index contributed by atoms with van der Waals surface area (Å²) in [5, 5.41) is 35.9. The van der Waals surface area contributed by atoms with Crippen molar-refractivity contribution in [2.45, 2.75) is 75.7 Å². The van der Waals surface area contributed by atoms with Gasteiger partial charge in [-0.15, -0.1) is 0 Å². The maximum absolute atomic E-state index is 13.9. The van der Waals surface area contributed by atoms with Crippen LogP contribution in [0.25, 0.3) is 0 Å². The maximum Gasteiger partial charge on any atom is 0.343 e. The van der Waals surface area contributed by atoms with E-state index in [2.05, 4.69) is 0 Å². The van der Waals surface area contributed by atoms with Gasteiger partial charge in [0.2, 0.25) is 11.9 Å². The topological polar surface area (TPSA) is 175 Å². The first-order chi connectivity index (χ1) is 18.2. The highest BCUT2D eigenvalue weighted by atomic mass is 16.8. The van der Waals surface area contributed by atoms with E-state index in [9.17, 15) is 34.5 Å². The smallest absolute Gasteiger partial charge is 0.343 e. The fourth-order valence-electron chi connectivity index (χ4n) is 9.12. The van der Waals surface area contributed by atoms with Gasteiger partial charge in [0.25, 0.3) is 0 Å². The summed E-state index contributed by atoms with van der Waals surface area (Å²) in [7, 11) is 0. The van der Waals surface area contributed by atoms with Gasteiger partial charge in [-0.2, -0.15) is 0 Å². The van der Waals surface area contributed by atoms with Crippen LogP contribution in [0.2, 0.25) is 0 Å². The summed E-state index contributed by atoms with van der Waals surface area (Å²) in [4.78, 5) is 52.9. The number of fused-ring (bicyclic) bond motifs is 1. The molecule has 2 saturated carbocycles. The molecule has 0 radical (unpaired) electrons. The van der Waals surface area contributed by atoms with Crippen LogP contribution in [0.4, 0.5) is 0 Å². The molecular formula is C27H28O12. The van der Waals surface area contributed by atoms with E-state index in [1.165, 1.54) is 19.1 Å². The van der Waals surface area contributed by atoms with Gasteiger partial charge in [0, 0.05) is 5.92 Å². The highest BCUT2D eigenvalue weighted by molar-refractivity contribution is 5.95. The van der Waals surface area contributed by atoms with E-state index >= 15 is 0 Å². The van der Waals surface area contributed by atoms with E-state index in [-0.39, 0.29) is 5.56 Å². The zero-order valence-electron chi connectivity index (χ0n) is 21.5. The van der Waals surface area contributed by atoms with E-state index < -0.39 is 100.0 Å². The molecule has 39 heavy (non-hydrogen) atoms. The van der Waals surface area contributed by atoms with Gasteiger partial charge in [-0.3, -0.25) is 4.79 Å². The molecule has 2 spiro atoms. The Labute approximate surface area is 222 Å². The van der Waals surface area contributed by atoms with Crippen LogP contribution in [0.3, 0.4) is 0 Å². The van der Waals surface area contributed by atoms with Crippen LogP contribution < -0.4 is 0 Å². The standard InChI is InChI=1S/C27H28O12/c1-10-18(30)36-17-14(28)25-16-12(35-19(31)11-8-6-5-7-9-11)13(23(2,3)4)24(25)15(29)20(32)38-22(24)39-27(25,21(33)37-16)26(10,17)34/h5-10,12-17,22,28-29,34H,1-4H3/t10-,12-,13+,14+,15+,16?,17?,22?,24?,25?,26-,27?/m1/s1. The highest BCUT2D eigenvalue weighted by Gasteiger charge is 3.05. The van der Waals surface area contributed by atoms with Gasteiger partial charge in [0.1, 0.15) is 12.2 Å². The van der Waals surface area contributed by atoms with Crippen molar-refractivity contribution in [3.05, 3.63) is 35.9 Å². The lowest BCUT2D eigenvalue weighted by molar-refractivity contribution is -0.240. The molecule has 1 aromatic rings. The number of hydrogen-bond acceptors (Lipinski definition) is 12. The van der Waals surface area contributed by atoms with E-state index in [1.807, 2.05) is 0 Å². The third-order valence-corrected chi connectivity index (χ3v) is 10.2. The highest BCUT2D eigenvalue weighted by Crippen LogP contribution is 2.84. The summed E-state index contributed by atoms with van der Waals surface area (Å²) in [6.07, 6.45) is -9.93. The fraction of sp³-hybridized carbons (Fsp3) is 0.630. The molecule has 12 atom stereocenters. The fourth-order valence-corrected chi connectivity index (χ4v) is 9.12. The van der Waals surface area contributed by atoms with Crippen molar-refractivity contribution in [3.63, 3.8) is 0 Å². The second-order valence-electron chi connectivity index (χ2n) is 12.5. The Balaban J connectivity index is 1.52. The van der Waals surface area contributed by atoms with Crippen molar-refractivity contribution in [1.29, 1.82) is 0 Å². The van der Waals surface area contributed by atoms with Crippen LogP contribution in [0, 0.1) is 28.1 Å². The molecule has 2 aliphatic carbocycles. The molecule has 12 heteroatoms. The second kappa shape index (κ2) is 6.98. The van der Waals surface area contributed by atoms with Gasteiger partial charge in [-0.1, -0.05) is 39.0 Å². The second-order valence-corrected chi connectivity index (χ2v) is 12.5. The quantitative estimate of drug-likeness (QED) is 0.321. The van der Waals surface area contributed by atoms with Crippen molar-refractivity contribution >= 4 is 23.9 Å². The number of ether oxygens (including phenoxy) is 5. The molecule has 1 aromatic carbocycles. The van der Waals surface area contributed by atoms with Crippen molar-refractivity contribution in [2.75, 3.05) is 0 Å². The molecule has 0 bridgehead atoms. The predicted molar refractivity (Wildman–Crippen MR) is 123 cm³/mol. The number of carbonyl (C=O) groups excluding carboxylic acids is 4. The maximum atomic E-state index is 13.9. The van der Waals surface area contributed by atoms with Gasteiger partial charge in [-0.05, 0) is 24.5 Å². The minimum Gasteiger partial charge on any atom is -0.456 e. The molecule has 208 valence electrons. The van der Waals surface area contributed by atoms with Crippen LogP contribution in [-0.2, 0) is 38.1 Å². The zero-order chi connectivity index (χ0) is 28.1. The first-order valence-corrected chi connectivity index (χ1v) is 12.9. The average molecular weight is 545 g/mol. The molecule has 4 saturated heterocycles. The van der Waals surface area contributed by atoms with Crippen LogP contribution in [-0.4, -0.2) is 87.2 Å². The number of rotatable bonds is 2. The molecule has 6 unspecified atom stereocenters. The summed E-state index contributed by atoms with van der Waals surface area (Å²) in [5.74, 6) is -6.19. The van der Waals surface area contributed by atoms with E-state index in [1.54, 1.807) is 39.0 Å². The first-order valence-electron chi connectivity index (χ1n) is 12.9. The third-order valence-electron chi connectivity index (χ3n) is 10.2. The van der Waals surface area contributed by atoms with Crippen LogP contribution in [0.1, 0.15) is 38.1 Å². The van der Waals surface area contributed by atoms with Gasteiger partial charge in [0.05, 0.1) is 22.3 Å². The van der Waals surface area contributed by atoms with Crippen molar-refractivity contribution in [2.24, 2.45) is 28.1 Å². The lowest BCUT2D eigenvalue weighted by Crippen LogP contribution is -2.67. The number of aliphatic hydroxyl groups is 3. The summed E-state index contributed by atoms with van der Waals surface area (Å²) >= 11 is 0. The van der Waals surface area contributed by atoms with Crippen LogP contribution >= 0.6 is 0 Å². The normalized spacial score (nSPS) is 50.6. The Morgan fingerprint density at radius 1 is 0.974 bits per heavy atom. The average Bonchev–Trinajstić information content (AvgIpc) is 3.58. The van der Waals surface area contributed by atoms with Gasteiger partial charge < -0.3 is 39.0 Å². The molecule has 0 aromatic heterocycles. The summed E-state index contributed by atoms with van der Waals surface area (Å²) in [6, 6.07) is 8.07. The number of esters is 4. The van der Waals surface area contributed by atoms with Crippen molar-refractivity contribution in [3.8, 4) is 0 Å². The SMILES string of the molecule is C[C@@H]1C(=O)OC2[C@H](O)C34C5OC(=O)C3(OC3OC(=O)[C@H](O)C34[C@H](C(C)(C)C)[C@H]5OC(=O)c3ccccc3)[C@]21O. The van der Waals surface area contributed by atoms with E-state index in [4.69, 9.17) is 23.7 Å². The summed E-state index contributed by atoms with van der Waals surface area (Å²) < 4.78 is 29.0. The number of benzene rings is 1. The first kappa shape index (κ1) is 24.9. The molecule has 7 rings (SSSR count).